The Kier molecular flexibility index (Phi) is 19.2. The molecule has 20 heteroatoms. The molecule has 0 bridgehead atoms. The normalized spacial score (nSPS) is 13.0. The molecule has 0 unspecified atom stereocenters. The van der Waals surface area contributed by atoms with E-state index in [9.17, 15) is 45.5 Å². The van der Waals surface area contributed by atoms with Crippen molar-refractivity contribution >= 4 is 57.8 Å². The van der Waals surface area contributed by atoms with Crippen molar-refractivity contribution in [3.8, 4) is 33.8 Å². The van der Waals surface area contributed by atoms with E-state index < -0.39 is 22.1 Å². The molecular formula is C55H56F6N4O8S2. The third-order valence-corrected chi connectivity index (χ3v) is 14.3. The molecular weight excluding hydrogens is 1020 g/mol. The number of carbonyl (C=O) groups is 4. The van der Waals surface area contributed by atoms with Crippen molar-refractivity contribution in [1.29, 1.82) is 0 Å². The van der Waals surface area contributed by atoms with Gasteiger partial charge in [-0.25, -0.2) is 0 Å². The molecule has 0 radical (unpaired) electrons. The van der Waals surface area contributed by atoms with Crippen LogP contribution in [0, 0.1) is 0 Å². The van der Waals surface area contributed by atoms with Crippen molar-refractivity contribution in [2.24, 2.45) is 0 Å². The maximum atomic E-state index is 13.7. The lowest BCUT2D eigenvalue weighted by Crippen LogP contribution is -2.38. The fourth-order valence-electron chi connectivity index (χ4n) is 8.50. The SMILES string of the molecule is CCOC(=O)CCN(C)CC(=O)N1CCc2cc(OCc3cc(-c4ccccc4)c(C(F)(F)F)s3)ccc21.CCOC(=O)CCNCC(=O)N1CCc2cc(OCc3cc(-c4ccccc4)c(C(F)(F)F)s3)ccc21. The first-order valence-electron chi connectivity index (χ1n) is 24.2. The van der Waals surface area contributed by atoms with Gasteiger partial charge in [0.25, 0.3) is 0 Å². The zero-order valence-electron chi connectivity index (χ0n) is 41.5. The van der Waals surface area contributed by atoms with Gasteiger partial charge < -0.3 is 34.1 Å². The van der Waals surface area contributed by atoms with Crippen molar-refractivity contribution < 1.29 is 64.5 Å². The lowest BCUT2D eigenvalue weighted by atomic mass is 10.1. The van der Waals surface area contributed by atoms with Gasteiger partial charge in [-0.2, -0.15) is 26.3 Å². The average molecular weight is 1080 g/mol. The first kappa shape index (κ1) is 56.0. The Hall–Kier alpha value is -6.74. The summed E-state index contributed by atoms with van der Waals surface area (Å²) in [4.78, 5) is 53.3. The van der Waals surface area contributed by atoms with Crippen molar-refractivity contribution in [3.05, 3.63) is 140 Å². The number of likely N-dealkylation sites (N-methyl/N-ethyl adjacent to an activating group) is 1. The summed E-state index contributed by atoms with van der Waals surface area (Å²) >= 11 is 1.37. The predicted octanol–water partition coefficient (Wildman–Crippen LogP) is 11.2. The van der Waals surface area contributed by atoms with E-state index in [2.05, 4.69) is 5.32 Å². The molecule has 6 aromatic rings. The molecule has 0 saturated carbocycles. The predicted molar refractivity (Wildman–Crippen MR) is 276 cm³/mol. The Labute approximate surface area is 438 Å². The molecule has 8 rings (SSSR count). The molecule has 0 atom stereocenters. The molecule has 398 valence electrons. The highest BCUT2D eigenvalue weighted by Crippen LogP contribution is 2.45. The molecule has 0 fully saturated rings. The quantitative estimate of drug-likeness (QED) is 0.0448. The Balaban J connectivity index is 0.000000219. The van der Waals surface area contributed by atoms with Gasteiger partial charge >= 0.3 is 24.3 Å². The number of amides is 2. The zero-order valence-corrected chi connectivity index (χ0v) is 43.1. The highest BCUT2D eigenvalue weighted by atomic mass is 32.1. The van der Waals surface area contributed by atoms with E-state index >= 15 is 0 Å². The van der Waals surface area contributed by atoms with E-state index in [1.807, 2.05) is 12.1 Å². The number of nitrogens with one attached hydrogen (secondary N) is 1. The number of halogens is 6. The van der Waals surface area contributed by atoms with E-state index in [1.54, 1.807) is 121 Å². The second kappa shape index (κ2) is 25.7. The Morgan fingerprint density at radius 2 is 1.07 bits per heavy atom. The molecule has 2 aromatic heterocycles. The number of rotatable bonds is 20. The summed E-state index contributed by atoms with van der Waals surface area (Å²) in [6.07, 6.45) is -7.19. The van der Waals surface area contributed by atoms with Gasteiger partial charge in [-0.15, -0.1) is 22.7 Å². The Morgan fingerprint density at radius 1 is 0.613 bits per heavy atom. The smallest absolute Gasteiger partial charge is 0.426 e. The lowest BCUT2D eigenvalue weighted by Gasteiger charge is -2.22. The second-order valence-corrected chi connectivity index (χ2v) is 19.7. The van der Waals surface area contributed by atoms with Gasteiger partial charge in [-0.05, 0) is 105 Å². The molecule has 2 aliphatic heterocycles. The fourth-order valence-corrected chi connectivity index (χ4v) is 10.4. The monoisotopic (exact) mass is 1080 g/mol. The molecule has 2 aliphatic rings. The molecule has 0 saturated heterocycles. The van der Waals surface area contributed by atoms with Crippen LogP contribution in [-0.2, 0) is 67.1 Å². The Bertz CT molecular complexity index is 2910. The van der Waals surface area contributed by atoms with Crippen LogP contribution in [0.2, 0.25) is 0 Å². The number of ether oxygens (including phenoxy) is 4. The molecule has 2 amide bonds. The second-order valence-electron chi connectivity index (χ2n) is 17.4. The van der Waals surface area contributed by atoms with Crippen LogP contribution in [0.3, 0.4) is 0 Å². The summed E-state index contributed by atoms with van der Waals surface area (Å²) in [7, 11) is 1.78. The minimum Gasteiger partial charge on any atom is -0.488 e. The molecule has 4 heterocycles. The highest BCUT2D eigenvalue weighted by molar-refractivity contribution is 7.13. The first-order valence-corrected chi connectivity index (χ1v) is 25.9. The van der Waals surface area contributed by atoms with Crippen LogP contribution < -0.4 is 24.6 Å². The zero-order chi connectivity index (χ0) is 53.7. The molecule has 1 N–H and O–H groups in total. The number of anilines is 2. The number of nitrogens with zero attached hydrogens (tertiary/aromatic N) is 3. The van der Waals surface area contributed by atoms with Gasteiger partial charge in [0.15, 0.2) is 0 Å². The first-order chi connectivity index (χ1) is 35.9. The number of hydrogen-bond acceptors (Lipinski definition) is 12. The van der Waals surface area contributed by atoms with Crippen molar-refractivity contribution in [1.82, 2.24) is 10.2 Å². The number of hydrogen-bond donors (Lipinski definition) is 1. The lowest BCUT2D eigenvalue weighted by molar-refractivity contribution is -0.144. The van der Waals surface area contributed by atoms with Crippen LogP contribution in [0.4, 0.5) is 37.7 Å². The minimum absolute atomic E-state index is 0.00635. The molecule has 12 nitrogen and oxygen atoms in total. The number of alkyl halides is 6. The number of esters is 2. The third-order valence-electron chi connectivity index (χ3n) is 12.0. The highest BCUT2D eigenvalue weighted by Gasteiger charge is 2.38. The molecule has 0 spiro atoms. The van der Waals surface area contributed by atoms with Crippen molar-refractivity contribution in [2.45, 2.75) is 65.1 Å². The largest absolute Gasteiger partial charge is 0.488 e. The maximum Gasteiger partial charge on any atom is 0.426 e. The summed E-state index contributed by atoms with van der Waals surface area (Å²) in [5.74, 6) is 0.282. The van der Waals surface area contributed by atoms with E-state index in [4.69, 9.17) is 18.9 Å². The van der Waals surface area contributed by atoms with Crippen LogP contribution in [0.15, 0.2) is 109 Å². The van der Waals surface area contributed by atoms with Crippen LogP contribution in [0.1, 0.15) is 57.3 Å². The van der Waals surface area contributed by atoms with Crippen molar-refractivity contribution in [2.75, 3.05) is 69.3 Å². The third kappa shape index (κ3) is 15.2. The molecule has 0 aliphatic carbocycles. The molecule has 75 heavy (non-hydrogen) atoms. The Morgan fingerprint density at radius 3 is 1.52 bits per heavy atom. The number of carbonyl (C=O) groups excluding carboxylic acids is 4. The van der Waals surface area contributed by atoms with Crippen LogP contribution >= 0.6 is 22.7 Å². The van der Waals surface area contributed by atoms with Gasteiger partial charge in [-0.1, -0.05) is 60.7 Å². The van der Waals surface area contributed by atoms with Gasteiger partial charge in [0.1, 0.15) is 34.5 Å². The van der Waals surface area contributed by atoms with E-state index in [0.717, 1.165) is 22.5 Å². The van der Waals surface area contributed by atoms with Crippen LogP contribution in [0.25, 0.3) is 22.3 Å². The van der Waals surface area contributed by atoms with Gasteiger partial charge in [-0.3, -0.25) is 24.1 Å². The number of thiophene rings is 2. The van der Waals surface area contributed by atoms with E-state index in [0.29, 0.717) is 107 Å². The summed E-state index contributed by atoms with van der Waals surface area (Å²) in [5.41, 5.74) is 4.77. The maximum absolute atomic E-state index is 13.7. The topological polar surface area (TPSA) is 127 Å². The van der Waals surface area contributed by atoms with Gasteiger partial charge in [0, 0.05) is 58.4 Å². The van der Waals surface area contributed by atoms with Crippen LogP contribution in [-0.4, -0.2) is 88.2 Å². The fraction of sp³-hybridized carbons (Fsp3) is 0.345. The average Bonchev–Trinajstić information content (AvgIpc) is 4.22. The van der Waals surface area contributed by atoms with Gasteiger partial charge in [0.05, 0.1) is 39.1 Å². The van der Waals surface area contributed by atoms with E-state index in [-0.39, 0.29) is 74.0 Å². The standard InChI is InChI=1S/C28H29F3N2O4S.C27H27F3N2O4S/c1-3-36-26(35)12-13-32(2)17-25(34)33-14-11-20-15-21(9-10-24(20)33)37-18-22-16-23(19-7-5-4-6-8-19)27(38-22)28(29,30)31;1-2-35-25(34)10-12-31-16-24(33)32-13-11-19-14-20(8-9-23(19)32)36-17-21-15-22(18-6-4-3-5-7-18)26(37-21)27(28,29)30/h4-10,15-16H,3,11-14,17-18H2,1-2H3;3-9,14-15,31H,2,10-13,16-17H2,1H3. The van der Waals surface area contributed by atoms with Crippen LogP contribution in [0.5, 0.6) is 11.5 Å². The summed E-state index contributed by atoms with van der Waals surface area (Å²) in [6, 6.07) is 30.8. The molecule has 4 aromatic carbocycles. The number of fused-ring (bicyclic) bond motifs is 2. The summed E-state index contributed by atoms with van der Waals surface area (Å²) in [6.45, 7) is 6.25. The summed E-state index contributed by atoms with van der Waals surface area (Å²) < 4.78 is 103. The summed E-state index contributed by atoms with van der Waals surface area (Å²) in [5, 5.41) is 2.97. The minimum atomic E-state index is -4.45. The van der Waals surface area contributed by atoms with Crippen molar-refractivity contribution in [3.63, 3.8) is 0 Å². The van der Waals surface area contributed by atoms with Gasteiger partial charge in [0.2, 0.25) is 11.8 Å². The van der Waals surface area contributed by atoms with E-state index in [1.165, 1.54) is 12.1 Å². The number of benzene rings is 4.